The molecule has 0 bridgehead atoms. The molecule has 0 unspecified atom stereocenters. The first-order valence-electron chi connectivity index (χ1n) is 9.00. The molecule has 1 aliphatic rings. The lowest BCUT2D eigenvalue weighted by Gasteiger charge is -2.36. The lowest BCUT2D eigenvalue weighted by Crippen LogP contribution is -2.46. The first-order chi connectivity index (χ1) is 13.3. The summed E-state index contributed by atoms with van der Waals surface area (Å²) in [6, 6.07) is 15.8. The Morgan fingerprint density at radius 2 is 1.74 bits per heavy atom. The number of rotatable bonds is 5. The van der Waals surface area contributed by atoms with Gasteiger partial charge in [-0.1, -0.05) is 23.7 Å². The molecule has 6 nitrogen and oxygen atoms in total. The van der Waals surface area contributed by atoms with E-state index >= 15 is 0 Å². The molecule has 7 heteroatoms. The summed E-state index contributed by atoms with van der Waals surface area (Å²) in [5, 5.41) is 4.02. The van der Waals surface area contributed by atoms with Crippen LogP contribution in [0.4, 0.5) is 17.5 Å². The Kier molecular flexibility index (Phi) is 5.34. The van der Waals surface area contributed by atoms with E-state index in [0.29, 0.717) is 12.5 Å². The van der Waals surface area contributed by atoms with E-state index < -0.39 is 0 Å². The van der Waals surface area contributed by atoms with Crippen LogP contribution < -0.4 is 15.1 Å². The van der Waals surface area contributed by atoms with Gasteiger partial charge in [-0.05, 0) is 36.4 Å². The molecule has 0 atom stereocenters. The van der Waals surface area contributed by atoms with Crippen LogP contribution in [-0.4, -0.2) is 41.1 Å². The van der Waals surface area contributed by atoms with Crippen molar-refractivity contribution in [3.63, 3.8) is 0 Å². The Balaban J connectivity index is 1.37. The lowest BCUT2D eigenvalue weighted by molar-refractivity contribution is 0.647. The van der Waals surface area contributed by atoms with Gasteiger partial charge in [-0.3, -0.25) is 4.98 Å². The van der Waals surface area contributed by atoms with E-state index in [1.54, 1.807) is 12.4 Å². The van der Waals surface area contributed by atoms with Gasteiger partial charge in [0.1, 0.15) is 5.82 Å². The Hall–Kier alpha value is -2.86. The van der Waals surface area contributed by atoms with Gasteiger partial charge in [0.25, 0.3) is 0 Å². The number of halogens is 1. The third kappa shape index (κ3) is 4.46. The molecule has 2 aromatic heterocycles. The fraction of sp³-hybridized carbons (Fsp3) is 0.250. The van der Waals surface area contributed by atoms with Crippen molar-refractivity contribution in [2.75, 3.05) is 41.3 Å². The van der Waals surface area contributed by atoms with E-state index in [2.05, 4.69) is 36.1 Å². The molecule has 1 aliphatic heterocycles. The summed E-state index contributed by atoms with van der Waals surface area (Å²) in [5.74, 6) is 1.56. The van der Waals surface area contributed by atoms with Crippen LogP contribution >= 0.6 is 11.6 Å². The van der Waals surface area contributed by atoms with Gasteiger partial charge in [0, 0.05) is 49.3 Å². The summed E-state index contributed by atoms with van der Waals surface area (Å²) >= 11 is 6.11. The summed E-state index contributed by atoms with van der Waals surface area (Å²) in [6.07, 6.45) is 3.58. The fourth-order valence-corrected chi connectivity index (χ4v) is 3.33. The highest BCUT2D eigenvalue weighted by Crippen LogP contribution is 2.22. The van der Waals surface area contributed by atoms with Crippen LogP contribution in [0.25, 0.3) is 0 Å². The number of nitrogens with zero attached hydrogens (tertiary/aromatic N) is 5. The van der Waals surface area contributed by atoms with Crippen LogP contribution in [0.3, 0.4) is 0 Å². The quantitative estimate of drug-likeness (QED) is 0.731. The highest BCUT2D eigenvalue weighted by molar-refractivity contribution is 6.30. The van der Waals surface area contributed by atoms with Gasteiger partial charge in [-0.2, -0.15) is 4.98 Å². The molecule has 0 aliphatic carbocycles. The average molecular weight is 381 g/mol. The van der Waals surface area contributed by atoms with Crippen molar-refractivity contribution in [3.8, 4) is 0 Å². The van der Waals surface area contributed by atoms with E-state index in [1.165, 1.54) is 5.69 Å². The minimum absolute atomic E-state index is 0.604. The summed E-state index contributed by atoms with van der Waals surface area (Å²) in [6.45, 7) is 4.28. The summed E-state index contributed by atoms with van der Waals surface area (Å²) in [4.78, 5) is 17.9. The predicted octanol–water partition coefficient (Wildman–Crippen LogP) is 3.46. The second kappa shape index (κ2) is 8.22. The molecule has 1 N–H and O–H groups in total. The van der Waals surface area contributed by atoms with Crippen molar-refractivity contribution in [2.45, 2.75) is 6.54 Å². The van der Waals surface area contributed by atoms with Gasteiger partial charge < -0.3 is 15.1 Å². The topological polar surface area (TPSA) is 57.2 Å². The normalized spacial score (nSPS) is 14.3. The molecule has 4 rings (SSSR count). The number of pyridine rings is 1. The molecular weight excluding hydrogens is 360 g/mol. The van der Waals surface area contributed by atoms with Crippen LogP contribution in [0, 0.1) is 0 Å². The monoisotopic (exact) mass is 380 g/mol. The molecular formula is C20H21ClN6. The van der Waals surface area contributed by atoms with Crippen LogP contribution in [0.15, 0.2) is 60.9 Å². The number of anilines is 3. The SMILES string of the molecule is Clc1cccc(N2CCN(c3ccnc(NCc4ccccn4)n3)CC2)c1. The van der Waals surface area contributed by atoms with Crippen LogP contribution in [0.2, 0.25) is 5.02 Å². The Morgan fingerprint density at radius 3 is 2.52 bits per heavy atom. The van der Waals surface area contributed by atoms with Crippen molar-refractivity contribution in [2.24, 2.45) is 0 Å². The molecule has 1 fully saturated rings. The van der Waals surface area contributed by atoms with Crippen LogP contribution in [0.5, 0.6) is 0 Å². The fourth-order valence-electron chi connectivity index (χ4n) is 3.15. The molecule has 0 saturated carbocycles. The highest BCUT2D eigenvalue weighted by atomic mass is 35.5. The third-order valence-electron chi connectivity index (χ3n) is 4.57. The number of hydrogen-bond acceptors (Lipinski definition) is 6. The zero-order valence-corrected chi connectivity index (χ0v) is 15.7. The average Bonchev–Trinajstić information content (AvgIpc) is 2.73. The zero-order valence-electron chi connectivity index (χ0n) is 14.9. The first-order valence-corrected chi connectivity index (χ1v) is 9.38. The van der Waals surface area contributed by atoms with Gasteiger partial charge in [-0.15, -0.1) is 0 Å². The maximum Gasteiger partial charge on any atom is 0.224 e. The second-order valence-corrected chi connectivity index (χ2v) is 6.80. The Labute approximate surface area is 163 Å². The first kappa shape index (κ1) is 17.5. The molecule has 1 aromatic carbocycles. The number of benzene rings is 1. The van der Waals surface area contributed by atoms with Crippen LogP contribution in [-0.2, 0) is 6.54 Å². The molecule has 0 radical (unpaired) electrons. The third-order valence-corrected chi connectivity index (χ3v) is 4.81. The van der Waals surface area contributed by atoms with E-state index in [0.717, 1.165) is 42.7 Å². The summed E-state index contributed by atoms with van der Waals surface area (Å²) in [7, 11) is 0. The maximum absolute atomic E-state index is 6.11. The molecule has 1 saturated heterocycles. The van der Waals surface area contributed by atoms with Crippen molar-refractivity contribution in [1.82, 2.24) is 15.0 Å². The highest BCUT2D eigenvalue weighted by Gasteiger charge is 2.19. The minimum Gasteiger partial charge on any atom is -0.368 e. The number of piperazine rings is 1. The maximum atomic E-state index is 6.11. The largest absolute Gasteiger partial charge is 0.368 e. The minimum atomic E-state index is 0.604. The second-order valence-electron chi connectivity index (χ2n) is 6.37. The van der Waals surface area contributed by atoms with Gasteiger partial charge in [0.15, 0.2) is 0 Å². The Morgan fingerprint density at radius 1 is 0.889 bits per heavy atom. The lowest BCUT2D eigenvalue weighted by atomic mass is 10.2. The smallest absolute Gasteiger partial charge is 0.224 e. The van der Waals surface area contributed by atoms with Gasteiger partial charge in [0.2, 0.25) is 5.95 Å². The molecule has 138 valence electrons. The van der Waals surface area contributed by atoms with E-state index in [9.17, 15) is 0 Å². The van der Waals surface area contributed by atoms with E-state index in [4.69, 9.17) is 11.6 Å². The Bertz CT molecular complexity index is 880. The number of nitrogens with one attached hydrogen (secondary N) is 1. The summed E-state index contributed by atoms with van der Waals surface area (Å²) < 4.78 is 0. The molecule has 3 heterocycles. The van der Waals surface area contributed by atoms with Gasteiger partial charge >= 0.3 is 0 Å². The van der Waals surface area contributed by atoms with Crippen molar-refractivity contribution in [1.29, 1.82) is 0 Å². The summed E-state index contributed by atoms with van der Waals surface area (Å²) in [5.41, 5.74) is 2.13. The predicted molar refractivity (Wildman–Crippen MR) is 109 cm³/mol. The zero-order chi connectivity index (χ0) is 18.5. The van der Waals surface area contributed by atoms with E-state index in [-0.39, 0.29) is 0 Å². The van der Waals surface area contributed by atoms with Crippen molar-refractivity contribution in [3.05, 3.63) is 71.6 Å². The number of aromatic nitrogens is 3. The molecule has 3 aromatic rings. The molecule has 27 heavy (non-hydrogen) atoms. The van der Waals surface area contributed by atoms with Crippen LogP contribution in [0.1, 0.15) is 5.69 Å². The van der Waals surface area contributed by atoms with E-state index in [1.807, 2.05) is 42.5 Å². The molecule has 0 spiro atoms. The number of hydrogen-bond donors (Lipinski definition) is 1. The van der Waals surface area contributed by atoms with Gasteiger partial charge in [0.05, 0.1) is 12.2 Å². The van der Waals surface area contributed by atoms with Gasteiger partial charge in [-0.25, -0.2) is 4.98 Å². The van der Waals surface area contributed by atoms with Crippen molar-refractivity contribution < 1.29 is 0 Å². The standard InChI is InChI=1S/C20H21ClN6/c21-16-4-3-6-18(14-16)26-10-12-27(13-11-26)19-7-9-23-20(25-19)24-15-17-5-1-2-8-22-17/h1-9,14H,10-13,15H2,(H,23,24,25). The van der Waals surface area contributed by atoms with Crippen molar-refractivity contribution >= 4 is 29.1 Å². The molecule has 0 amide bonds.